The van der Waals surface area contributed by atoms with Crippen LogP contribution in [0.1, 0.15) is 48.5 Å². The Hall–Kier alpha value is -2.50. The van der Waals surface area contributed by atoms with Gasteiger partial charge in [0.05, 0.1) is 24.0 Å². The molecule has 0 bridgehead atoms. The predicted molar refractivity (Wildman–Crippen MR) is 127 cm³/mol. The molecule has 0 saturated heterocycles. The SMILES string of the molecule is C=C[C@H](O)CCCN(CC)c1cc(C(=O)O)ccc1OCCCCc1cccc(Cl)c1. The zero-order valence-electron chi connectivity index (χ0n) is 18.1. The number of hydrogen-bond acceptors (Lipinski definition) is 4. The first-order valence-corrected chi connectivity index (χ1v) is 11.1. The number of ether oxygens (including phenoxy) is 1. The van der Waals surface area contributed by atoms with E-state index in [1.165, 1.54) is 11.6 Å². The van der Waals surface area contributed by atoms with Gasteiger partial charge in [0.1, 0.15) is 5.75 Å². The normalized spacial score (nSPS) is 11.7. The summed E-state index contributed by atoms with van der Waals surface area (Å²) in [6.45, 7) is 7.56. The van der Waals surface area contributed by atoms with Crippen molar-refractivity contribution in [3.05, 3.63) is 71.3 Å². The maximum atomic E-state index is 11.5. The monoisotopic (exact) mass is 445 g/mol. The van der Waals surface area contributed by atoms with Gasteiger partial charge in [0.25, 0.3) is 0 Å². The van der Waals surface area contributed by atoms with Crippen LogP contribution in [0.3, 0.4) is 0 Å². The number of carboxylic acids is 1. The number of carbonyl (C=O) groups is 1. The predicted octanol–water partition coefficient (Wildman–Crippen LogP) is 5.59. The number of aryl methyl sites for hydroxylation is 1. The lowest BCUT2D eigenvalue weighted by Crippen LogP contribution is -2.25. The minimum Gasteiger partial charge on any atom is -0.491 e. The van der Waals surface area contributed by atoms with Gasteiger partial charge in [-0.1, -0.05) is 29.8 Å². The number of nitrogens with zero attached hydrogens (tertiary/aromatic N) is 1. The molecule has 0 amide bonds. The Morgan fingerprint density at radius 2 is 2.03 bits per heavy atom. The molecule has 0 aliphatic carbocycles. The second-order valence-electron chi connectivity index (χ2n) is 7.45. The minimum absolute atomic E-state index is 0.230. The fourth-order valence-corrected chi connectivity index (χ4v) is 3.60. The molecule has 0 fully saturated rings. The van der Waals surface area contributed by atoms with Crippen LogP contribution in [-0.2, 0) is 6.42 Å². The van der Waals surface area contributed by atoms with Gasteiger partial charge < -0.3 is 19.8 Å². The number of anilines is 1. The molecule has 5 nitrogen and oxygen atoms in total. The summed E-state index contributed by atoms with van der Waals surface area (Å²) in [5.41, 5.74) is 2.20. The van der Waals surface area contributed by atoms with Crippen molar-refractivity contribution in [3.63, 3.8) is 0 Å². The largest absolute Gasteiger partial charge is 0.491 e. The molecule has 31 heavy (non-hydrogen) atoms. The van der Waals surface area contributed by atoms with Crippen molar-refractivity contribution in [1.82, 2.24) is 0 Å². The smallest absolute Gasteiger partial charge is 0.335 e. The highest BCUT2D eigenvalue weighted by atomic mass is 35.5. The second-order valence-corrected chi connectivity index (χ2v) is 7.88. The van der Waals surface area contributed by atoms with Crippen LogP contribution < -0.4 is 9.64 Å². The van der Waals surface area contributed by atoms with Crippen LogP contribution in [0.5, 0.6) is 5.75 Å². The molecule has 0 heterocycles. The summed E-state index contributed by atoms with van der Waals surface area (Å²) >= 11 is 6.03. The van der Waals surface area contributed by atoms with Gasteiger partial charge in [-0.05, 0) is 74.9 Å². The van der Waals surface area contributed by atoms with E-state index < -0.39 is 12.1 Å². The first kappa shape index (κ1) is 24.8. The van der Waals surface area contributed by atoms with Gasteiger partial charge in [-0.2, -0.15) is 0 Å². The highest BCUT2D eigenvalue weighted by Crippen LogP contribution is 2.30. The second kappa shape index (κ2) is 13.0. The third-order valence-electron chi connectivity index (χ3n) is 5.13. The molecule has 2 N–H and O–H groups in total. The van der Waals surface area contributed by atoms with E-state index in [2.05, 4.69) is 17.5 Å². The molecule has 0 aromatic heterocycles. The summed E-state index contributed by atoms with van der Waals surface area (Å²) in [6.07, 6.45) is 5.15. The number of aromatic carboxylic acids is 1. The van der Waals surface area contributed by atoms with Crippen molar-refractivity contribution in [2.24, 2.45) is 0 Å². The third kappa shape index (κ3) is 8.27. The van der Waals surface area contributed by atoms with Crippen LogP contribution in [0.25, 0.3) is 0 Å². The van der Waals surface area contributed by atoms with Crippen LogP contribution in [0.4, 0.5) is 5.69 Å². The Bertz CT molecular complexity index is 855. The lowest BCUT2D eigenvalue weighted by molar-refractivity contribution is 0.0697. The van der Waals surface area contributed by atoms with E-state index in [1.807, 2.05) is 25.1 Å². The quantitative estimate of drug-likeness (QED) is 0.293. The molecule has 0 radical (unpaired) electrons. The van der Waals surface area contributed by atoms with Gasteiger partial charge >= 0.3 is 5.97 Å². The van der Waals surface area contributed by atoms with Crippen molar-refractivity contribution in [2.75, 3.05) is 24.6 Å². The maximum Gasteiger partial charge on any atom is 0.335 e. The van der Waals surface area contributed by atoms with E-state index >= 15 is 0 Å². The Balaban J connectivity index is 1.98. The van der Waals surface area contributed by atoms with Gasteiger partial charge in [0, 0.05) is 18.1 Å². The summed E-state index contributed by atoms with van der Waals surface area (Å²) in [7, 11) is 0. The number of unbranched alkanes of at least 4 members (excludes halogenated alkanes) is 1. The standard InChI is InChI=1S/C25H32ClNO4/c1-3-22(28)12-8-15-27(4-2)23-18-20(25(29)30)13-14-24(23)31-16-6-5-9-19-10-7-11-21(26)17-19/h3,7,10-11,13-14,17-18,22,28H,1,4-6,8-9,12,15-16H2,2H3,(H,29,30)/t22-/m0/s1. The van der Waals surface area contributed by atoms with Crippen LogP contribution in [0.2, 0.25) is 5.02 Å². The van der Waals surface area contributed by atoms with E-state index in [9.17, 15) is 15.0 Å². The molecular formula is C25H32ClNO4. The molecule has 0 unspecified atom stereocenters. The average molecular weight is 446 g/mol. The minimum atomic E-state index is -0.965. The number of aliphatic hydroxyl groups is 1. The van der Waals surface area contributed by atoms with Gasteiger partial charge in [-0.15, -0.1) is 6.58 Å². The van der Waals surface area contributed by atoms with Crippen LogP contribution >= 0.6 is 11.6 Å². The first-order valence-electron chi connectivity index (χ1n) is 10.7. The molecule has 0 spiro atoms. The topological polar surface area (TPSA) is 70.0 Å². The summed E-state index contributed by atoms with van der Waals surface area (Å²) in [6, 6.07) is 12.8. The molecule has 168 valence electrons. The van der Waals surface area contributed by atoms with Gasteiger partial charge in [-0.3, -0.25) is 0 Å². The number of rotatable bonds is 14. The Kier molecular flexibility index (Phi) is 10.4. The van der Waals surface area contributed by atoms with Crippen molar-refractivity contribution in [2.45, 2.75) is 45.1 Å². The zero-order chi connectivity index (χ0) is 22.6. The molecule has 0 aliphatic rings. The Morgan fingerprint density at radius 3 is 2.71 bits per heavy atom. The van der Waals surface area contributed by atoms with Crippen molar-refractivity contribution in [3.8, 4) is 5.75 Å². The molecule has 1 atom stereocenters. The molecule has 2 rings (SSSR count). The molecular weight excluding hydrogens is 414 g/mol. The van der Waals surface area contributed by atoms with Gasteiger partial charge in [0.2, 0.25) is 0 Å². The molecule has 0 saturated carbocycles. The van der Waals surface area contributed by atoms with E-state index in [4.69, 9.17) is 16.3 Å². The molecule has 0 aliphatic heterocycles. The van der Waals surface area contributed by atoms with E-state index in [1.54, 1.807) is 18.2 Å². The number of halogens is 1. The summed E-state index contributed by atoms with van der Waals surface area (Å²) < 4.78 is 6.04. The summed E-state index contributed by atoms with van der Waals surface area (Å²) in [4.78, 5) is 13.5. The van der Waals surface area contributed by atoms with E-state index in [0.29, 0.717) is 31.9 Å². The molecule has 2 aromatic carbocycles. The highest BCUT2D eigenvalue weighted by Gasteiger charge is 2.15. The fourth-order valence-electron chi connectivity index (χ4n) is 3.38. The van der Waals surface area contributed by atoms with Crippen LogP contribution in [-0.4, -0.2) is 42.0 Å². The maximum absolute atomic E-state index is 11.5. The zero-order valence-corrected chi connectivity index (χ0v) is 18.9. The Morgan fingerprint density at radius 1 is 1.23 bits per heavy atom. The Labute approximate surface area is 189 Å². The number of hydrogen-bond donors (Lipinski definition) is 2. The fraction of sp³-hybridized carbons (Fsp3) is 0.400. The van der Waals surface area contributed by atoms with Crippen molar-refractivity contribution in [1.29, 1.82) is 0 Å². The van der Waals surface area contributed by atoms with Gasteiger partial charge in [0.15, 0.2) is 0 Å². The lowest BCUT2D eigenvalue weighted by atomic mass is 10.1. The number of aliphatic hydroxyl groups excluding tert-OH is 1. The third-order valence-corrected chi connectivity index (χ3v) is 5.37. The lowest BCUT2D eigenvalue weighted by Gasteiger charge is -2.26. The van der Waals surface area contributed by atoms with Crippen molar-refractivity contribution >= 4 is 23.3 Å². The van der Waals surface area contributed by atoms with Gasteiger partial charge in [-0.25, -0.2) is 4.79 Å². The van der Waals surface area contributed by atoms with Crippen LogP contribution in [0, 0.1) is 0 Å². The van der Waals surface area contributed by atoms with E-state index in [0.717, 1.165) is 36.4 Å². The van der Waals surface area contributed by atoms with Crippen molar-refractivity contribution < 1.29 is 19.7 Å². The highest BCUT2D eigenvalue weighted by molar-refractivity contribution is 6.30. The number of carboxylic acid groups (broad SMARTS) is 1. The first-order chi connectivity index (χ1) is 14.9. The summed E-state index contributed by atoms with van der Waals surface area (Å²) in [5, 5.41) is 19.8. The average Bonchev–Trinajstić information content (AvgIpc) is 2.76. The number of benzene rings is 2. The van der Waals surface area contributed by atoms with Crippen LogP contribution in [0.15, 0.2) is 55.1 Å². The summed E-state index contributed by atoms with van der Waals surface area (Å²) in [5.74, 6) is -0.286. The van der Waals surface area contributed by atoms with E-state index in [-0.39, 0.29) is 5.56 Å². The molecule has 6 heteroatoms. The molecule has 2 aromatic rings.